The minimum absolute atomic E-state index is 0.788. The summed E-state index contributed by atoms with van der Waals surface area (Å²) in [6.45, 7) is 3.80. The van der Waals surface area contributed by atoms with Crippen molar-refractivity contribution in [3.8, 4) is 11.1 Å². The topological polar surface area (TPSA) is 42.2 Å². The van der Waals surface area contributed by atoms with Crippen LogP contribution in [0.4, 0.5) is 11.5 Å². The molecular weight excluding hydrogens is 304 g/mol. The Kier molecular flexibility index (Phi) is 3.40. The van der Waals surface area contributed by atoms with Gasteiger partial charge in [-0.15, -0.1) is 0 Å². The maximum absolute atomic E-state index is 4.71. The minimum Gasteiger partial charge on any atom is -0.340 e. The van der Waals surface area contributed by atoms with Gasteiger partial charge in [-0.1, -0.05) is 24.8 Å². The number of fused-ring (bicyclic) bond motifs is 1. The van der Waals surface area contributed by atoms with Gasteiger partial charge in [0.2, 0.25) is 0 Å². The average Bonchev–Trinajstić information content (AvgIpc) is 3.23. The number of hydrogen-bond acceptors (Lipinski definition) is 4. The van der Waals surface area contributed by atoms with Gasteiger partial charge in [0.1, 0.15) is 5.82 Å². The Hall–Kier alpha value is -2.92. The van der Waals surface area contributed by atoms with E-state index < -0.39 is 0 Å². The summed E-state index contributed by atoms with van der Waals surface area (Å²) in [6, 6.07) is 12.0. The van der Waals surface area contributed by atoms with Crippen molar-refractivity contribution in [2.75, 3.05) is 5.32 Å². The van der Waals surface area contributed by atoms with Crippen LogP contribution in [0.15, 0.2) is 66.1 Å². The van der Waals surface area contributed by atoms with E-state index in [4.69, 9.17) is 4.98 Å². The van der Waals surface area contributed by atoms with Crippen LogP contribution in [0, 0.1) is 0 Å². The van der Waals surface area contributed by atoms with E-state index in [0.29, 0.717) is 0 Å². The molecular formula is C18H14N4S. The summed E-state index contributed by atoms with van der Waals surface area (Å²) < 4.78 is 1.79. The molecule has 0 radical (unpaired) electrons. The van der Waals surface area contributed by atoms with Crippen LogP contribution in [0.25, 0.3) is 22.9 Å². The second kappa shape index (κ2) is 5.70. The molecule has 0 aliphatic rings. The SMILES string of the molecule is C=Cc1cccc(Nc2ccn3ncc(-c4ccsc4)c3n2)c1. The Balaban J connectivity index is 1.73. The van der Waals surface area contributed by atoms with Gasteiger partial charge in [-0.2, -0.15) is 16.4 Å². The van der Waals surface area contributed by atoms with Crippen LogP contribution >= 0.6 is 11.3 Å². The van der Waals surface area contributed by atoms with Gasteiger partial charge in [-0.05, 0) is 46.2 Å². The van der Waals surface area contributed by atoms with E-state index >= 15 is 0 Å². The van der Waals surface area contributed by atoms with Gasteiger partial charge in [-0.25, -0.2) is 9.50 Å². The summed E-state index contributed by atoms with van der Waals surface area (Å²) >= 11 is 1.67. The molecule has 0 aliphatic carbocycles. The standard InChI is InChI=1S/C18H14N4S/c1-2-13-4-3-5-15(10-13)20-17-6-8-22-18(21-17)16(11-19-22)14-7-9-23-12-14/h2-12H,1H2,(H,20,21). The average molecular weight is 318 g/mol. The lowest BCUT2D eigenvalue weighted by atomic mass is 10.2. The van der Waals surface area contributed by atoms with E-state index in [1.807, 2.05) is 48.8 Å². The molecule has 0 saturated heterocycles. The van der Waals surface area contributed by atoms with Gasteiger partial charge in [0.05, 0.1) is 6.20 Å². The maximum Gasteiger partial charge on any atom is 0.165 e. The highest BCUT2D eigenvalue weighted by Gasteiger charge is 2.09. The van der Waals surface area contributed by atoms with E-state index in [2.05, 4.69) is 33.8 Å². The fourth-order valence-electron chi connectivity index (χ4n) is 2.45. The summed E-state index contributed by atoms with van der Waals surface area (Å²) in [6.07, 6.45) is 5.60. The number of nitrogens with zero attached hydrogens (tertiary/aromatic N) is 3. The predicted octanol–water partition coefficient (Wildman–Crippen LogP) is 4.84. The first-order chi connectivity index (χ1) is 11.3. The third-order valence-corrected chi connectivity index (χ3v) is 4.28. The van der Waals surface area contributed by atoms with Crippen molar-refractivity contribution >= 4 is 34.6 Å². The zero-order valence-electron chi connectivity index (χ0n) is 12.3. The van der Waals surface area contributed by atoms with Crippen LogP contribution in [0.2, 0.25) is 0 Å². The zero-order chi connectivity index (χ0) is 15.6. The molecule has 0 spiro atoms. The second-order valence-corrected chi connectivity index (χ2v) is 5.89. The number of benzene rings is 1. The summed E-state index contributed by atoms with van der Waals surface area (Å²) in [5.41, 5.74) is 5.07. The third kappa shape index (κ3) is 2.62. The van der Waals surface area contributed by atoms with Gasteiger partial charge in [0, 0.05) is 17.4 Å². The molecule has 0 amide bonds. The molecule has 3 aromatic heterocycles. The van der Waals surface area contributed by atoms with E-state index in [1.165, 1.54) is 0 Å². The van der Waals surface area contributed by atoms with Crippen molar-refractivity contribution in [3.05, 3.63) is 71.7 Å². The van der Waals surface area contributed by atoms with E-state index in [9.17, 15) is 0 Å². The van der Waals surface area contributed by atoms with E-state index in [0.717, 1.165) is 33.8 Å². The number of rotatable bonds is 4. The summed E-state index contributed by atoms with van der Waals surface area (Å²) in [7, 11) is 0. The molecule has 4 aromatic rings. The highest BCUT2D eigenvalue weighted by molar-refractivity contribution is 7.08. The van der Waals surface area contributed by atoms with Gasteiger partial charge in [-0.3, -0.25) is 0 Å². The van der Waals surface area contributed by atoms with E-state index in [-0.39, 0.29) is 0 Å². The number of aromatic nitrogens is 3. The Morgan fingerprint density at radius 1 is 1.22 bits per heavy atom. The van der Waals surface area contributed by atoms with Crippen molar-refractivity contribution in [2.45, 2.75) is 0 Å². The highest BCUT2D eigenvalue weighted by atomic mass is 32.1. The van der Waals surface area contributed by atoms with Crippen LogP contribution in [0.1, 0.15) is 5.56 Å². The van der Waals surface area contributed by atoms with Gasteiger partial charge >= 0.3 is 0 Å². The zero-order valence-corrected chi connectivity index (χ0v) is 13.1. The van der Waals surface area contributed by atoms with Crippen molar-refractivity contribution in [3.63, 3.8) is 0 Å². The van der Waals surface area contributed by atoms with Crippen LogP contribution in [-0.4, -0.2) is 14.6 Å². The summed E-state index contributed by atoms with van der Waals surface area (Å²) in [5, 5.41) is 11.9. The molecule has 23 heavy (non-hydrogen) atoms. The van der Waals surface area contributed by atoms with Crippen LogP contribution in [-0.2, 0) is 0 Å². The molecule has 4 nitrogen and oxygen atoms in total. The lowest BCUT2D eigenvalue weighted by Gasteiger charge is -2.07. The molecule has 0 unspecified atom stereocenters. The van der Waals surface area contributed by atoms with Crippen molar-refractivity contribution < 1.29 is 0 Å². The maximum atomic E-state index is 4.71. The molecule has 1 N–H and O–H groups in total. The minimum atomic E-state index is 0.788. The first-order valence-electron chi connectivity index (χ1n) is 7.20. The number of hydrogen-bond donors (Lipinski definition) is 1. The monoisotopic (exact) mass is 318 g/mol. The second-order valence-electron chi connectivity index (χ2n) is 5.11. The number of anilines is 2. The molecule has 0 bridgehead atoms. The van der Waals surface area contributed by atoms with Gasteiger partial charge in [0.25, 0.3) is 0 Å². The summed E-state index contributed by atoms with van der Waals surface area (Å²) in [4.78, 5) is 4.71. The van der Waals surface area contributed by atoms with Crippen LogP contribution < -0.4 is 5.32 Å². The van der Waals surface area contributed by atoms with Gasteiger partial charge in [0.15, 0.2) is 5.65 Å². The molecule has 3 heterocycles. The van der Waals surface area contributed by atoms with Crippen LogP contribution in [0.5, 0.6) is 0 Å². The largest absolute Gasteiger partial charge is 0.340 e. The molecule has 112 valence electrons. The lowest BCUT2D eigenvalue weighted by Crippen LogP contribution is -1.97. The Bertz CT molecular complexity index is 970. The normalized spacial score (nSPS) is 10.8. The number of nitrogens with one attached hydrogen (secondary N) is 1. The fourth-order valence-corrected chi connectivity index (χ4v) is 3.11. The first-order valence-corrected chi connectivity index (χ1v) is 8.14. The molecule has 0 fully saturated rings. The van der Waals surface area contributed by atoms with Gasteiger partial charge < -0.3 is 5.32 Å². The Labute approximate surface area is 137 Å². The van der Waals surface area contributed by atoms with Crippen molar-refractivity contribution in [2.24, 2.45) is 0 Å². The summed E-state index contributed by atoms with van der Waals surface area (Å²) in [5.74, 6) is 0.788. The number of thiophene rings is 1. The molecule has 0 aliphatic heterocycles. The van der Waals surface area contributed by atoms with Crippen LogP contribution in [0.3, 0.4) is 0 Å². The van der Waals surface area contributed by atoms with Crippen molar-refractivity contribution in [1.82, 2.24) is 14.6 Å². The Morgan fingerprint density at radius 2 is 2.17 bits per heavy atom. The van der Waals surface area contributed by atoms with Crippen molar-refractivity contribution in [1.29, 1.82) is 0 Å². The Morgan fingerprint density at radius 3 is 3.00 bits per heavy atom. The van der Waals surface area contributed by atoms with E-state index in [1.54, 1.807) is 15.9 Å². The molecule has 1 aromatic carbocycles. The smallest absolute Gasteiger partial charge is 0.165 e. The first kappa shape index (κ1) is 13.7. The molecule has 4 rings (SSSR count). The molecule has 5 heteroatoms. The fraction of sp³-hybridized carbons (Fsp3) is 0. The molecule has 0 saturated carbocycles. The molecule has 0 atom stereocenters. The quantitative estimate of drug-likeness (QED) is 0.585. The highest BCUT2D eigenvalue weighted by Crippen LogP contribution is 2.26. The third-order valence-electron chi connectivity index (χ3n) is 3.60. The predicted molar refractivity (Wildman–Crippen MR) is 96.1 cm³/mol. The lowest BCUT2D eigenvalue weighted by molar-refractivity contribution is 0.941.